The summed E-state index contributed by atoms with van der Waals surface area (Å²) in [5.41, 5.74) is 0. The summed E-state index contributed by atoms with van der Waals surface area (Å²) in [5, 5.41) is 3.85. The van der Waals surface area contributed by atoms with Gasteiger partial charge in [0.1, 0.15) is 0 Å². The van der Waals surface area contributed by atoms with Gasteiger partial charge in [0.25, 0.3) is 0 Å². The smallest absolute Gasteiger partial charge is 0.0480 e. The van der Waals surface area contributed by atoms with Crippen molar-refractivity contribution in [1.29, 1.82) is 0 Å². The molecular weight excluding hydrogens is 186 g/mol. The molecule has 2 heteroatoms. The van der Waals surface area contributed by atoms with Gasteiger partial charge in [0.2, 0.25) is 0 Å². The maximum atomic E-state index is 5.39. The first kappa shape index (κ1) is 11.4. The summed E-state index contributed by atoms with van der Waals surface area (Å²) in [6, 6.07) is 1.54. The second-order valence-corrected chi connectivity index (χ2v) is 5.10. The standard InChI is InChI=1S/C13H25NO/c1-2-4-6-12(7-5-3-1)14-13-8-10-15-11-9-13/h12-14H,1-11H2. The zero-order chi connectivity index (χ0) is 10.3. The second-order valence-electron chi connectivity index (χ2n) is 5.10. The Labute approximate surface area is 93.8 Å². The van der Waals surface area contributed by atoms with Crippen LogP contribution in [0.3, 0.4) is 0 Å². The van der Waals surface area contributed by atoms with Crippen molar-refractivity contribution in [2.24, 2.45) is 0 Å². The van der Waals surface area contributed by atoms with Crippen LogP contribution < -0.4 is 5.32 Å². The molecule has 0 atom stereocenters. The van der Waals surface area contributed by atoms with E-state index in [4.69, 9.17) is 4.74 Å². The van der Waals surface area contributed by atoms with Crippen LogP contribution in [0.25, 0.3) is 0 Å². The van der Waals surface area contributed by atoms with Gasteiger partial charge in [-0.25, -0.2) is 0 Å². The van der Waals surface area contributed by atoms with Gasteiger partial charge >= 0.3 is 0 Å². The fourth-order valence-electron chi connectivity index (χ4n) is 2.82. The highest BCUT2D eigenvalue weighted by molar-refractivity contribution is 4.77. The quantitative estimate of drug-likeness (QED) is 0.758. The van der Waals surface area contributed by atoms with E-state index in [1.165, 1.54) is 57.8 Å². The minimum Gasteiger partial charge on any atom is -0.381 e. The Kier molecular flexibility index (Phi) is 4.94. The molecule has 15 heavy (non-hydrogen) atoms. The van der Waals surface area contributed by atoms with Crippen molar-refractivity contribution in [3.63, 3.8) is 0 Å². The maximum absolute atomic E-state index is 5.39. The number of hydrogen-bond donors (Lipinski definition) is 1. The lowest BCUT2D eigenvalue weighted by molar-refractivity contribution is 0.0737. The molecule has 0 amide bonds. The molecule has 2 nitrogen and oxygen atoms in total. The summed E-state index contributed by atoms with van der Waals surface area (Å²) in [7, 11) is 0. The molecule has 0 radical (unpaired) electrons. The van der Waals surface area contributed by atoms with Crippen molar-refractivity contribution in [3.8, 4) is 0 Å². The zero-order valence-corrected chi connectivity index (χ0v) is 9.84. The molecule has 0 unspecified atom stereocenters. The molecule has 2 rings (SSSR count). The highest BCUT2D eigenvalue weighted by Gasteiger charge is 2.18. The SMILES string of the molecule is C1CCCC(NC2CCOCC2)CCC1. The molecule has 88 valence electrons. The van der Waals surface area contributed by atoms with Crippen LogP contribution >= 0.6 is 0 Å². The first-order valence-electron chi connectivity index (χ1n) is 6.79. The first-order chi connectivity index (χ1) is 7.45. The third kappa shape index (κ3) is 4.12. The van der Waals surface area contributed by atoms with Gasteiger partial charge in [0, 0.05) is 25.3 Å². The van der Waals surface area contributed by atoms with Gasteiger partial charge < -0.3 is 10.1 Å². The van der Waals surface area contributed by atoms with E-state index in [1.54, 1.807) is 0 Å². The molecule has 2 aliphatic rings. The average molecular weight is 211 g/mol. The summed E-state index contributed by atoms with van der Waals surface area (Å²) < 4.78 is 5.39. The third-order valence-electron chi connectivity index (χ3n) is 3.80. The van der Waals surface area contributed by atoms with Gasteiger partial charge in [-0.1, -0.05) is 32.1 Å². The summed E-state index contributed by atoms with van der Waals surface area (Å²) >= 11 is 0. The minimum absolute atomic E-state index is 0.739. The molecule has 1 aliphatic heterocycles. The van der Waals surface area contributed by atoms with Gasteiger partial charge in [-0.2, -0.15) is 0 Å². The predicted molar refractivity (Wildman–Crippen MR) is 63.1 cm³/mol. The number of rotatable bonds is 2. The molecule has 1 saturated heterocycles. The molecule has 2 fully saturated rings. The predicted octanol–water partition coefficient (Wildman–Crippen LogP) is 2.87. The highest BCUT2D eigenvalue weighted by Crippen LogP contribution is 2.18. The average Bonchev–Trinajstić information content (AvgIpc) is 2.23. The van der Waals surface area contributed by atoms with Gasteiger partial charge in [-0.05, 0) is 25.7 Å². The topological polar surface area (TPSA) is 21.3 Å². The minimum atomic E-state index is 0.739. The molecule has 1 aliphatic carbocycles. The summed E-state index contributed by atoms with van der Waals surface area (Å²) in [5.74, 6) is 0. The Balaban J connectivity index is 1.70. The van der Waals surface area contributed by atoms with E-state index in [2.05, 4.69) is 5.32 Å². The highest BCUT2D eigenvalue weighted by atomic mass is 16.5. The van der Waals surface area contributed by atoms with E-state index < -0.39 is 0 Å². The van der Waals surface area contributed by atoms with E-state index >= 15 is 0 Å². The van der Waals surface area contributed by atoms with Crippen molar-refractivity contribution in [2.75, 3.05) is 13.2 Å². The van der Waals surface area contributed by atoms with Gasteiger partial charge in [-0.15, -0.1) is 0 Å². The summed E-state index contributed by atoms with van der Waals surface area (Å²) in [6.07, 6.45) is 12.5. The monoisotopic (exact) mass is 211 g/mol. The normalized spacial score (nSPS) is 27.2. The number of ether oxygens (including phenoxy) is 1. The molecule has 0 bridgehead atoms. The van der Waals surface area contributed by atoms with Gasteiger partial charge in [0.05, 0.1) is 0 Å². The fraction of sp³-hybridized carbons (Fsp3) is 1.00. The molecule has 0 aromatic rings. The lowest BCUT2D eigenvalue weighted by Crippen LogP contribution is -2.41. The van der Waals surface area contributed by atoms with Crippen molar-refractivity contribution in [2.45, 2.75) is 69.9 Å². The lowest BCUT2D eigenvalue weighted by Gasteiger charge is -2.29. The van der Waals surface area contributed by atoms with Crippen LogP contribution in [0.4, 0.5) is 0 Å². The number of hydrogen-bond acceptors (Lipinski definition) is 2. The van der Waals surface area contributed by atoms with Crippen LogP contribution in [0, 0.1) is 0 Å². The van der Waals surface area contributed by atoms with Crippen LogP contribution in [0.5, 0.6) is 0 Å². The summed E-state index contributed by atoms with van der Waals surface area (Å²) in [6.45, 7) is 1.93. The Hall–Kier alpha value is -0.0800. The number of nitrogens with one attached hydrogen (secondary N) is 1. The molecule has 0 aromatic carbocycles. The van der Waals surface area contributed by atoms with E-state index in [-0.39, 0.29) is 0 Å². The fourth-order valence-corrected chi connectivity index (χ4v) is 2.82. The maximum Gasteiger partial charge on any atom is 0.0480 e. The molecular formula is C13H25NO. The molecule has 1 saturated carbocycles. The van der Waals surface area contributed by atoms with Gasteiger partial charge in [-0.3, -0.25) is 0 Å². The van der Waals surface area contributed by atoms with Crippen molar-refractivity contribution < 1.29 is 4.74 Å². The van der Waals surface area contributed by atoms with Crippen LogP contribution in [0.2, 0.25) is 0 Å². The van der Waals surface area contributed by atoms with E-state index in [0.717, 1.165) is 25.3 Å². The van der Waals surface area contributed by atoms with E-state index in [0.29, 0.717) is 0 Å². The largest absolute Gasteiger partial charge is 0.381 e. The van der Waals surface area contributed by atoms with Crippen LogP contribution in [0.15, 0.2) is 0 Å². The third-order valence-corrected chi connectivity index (χ3v) is 3.80. The van der Waals surface area contributed by atoms with E-state index in [1.807, 2.05) is 0 Å². The van der Waals surface area contributed by atoms with Gasteiger partial charge in [0.15, 0.2) is 0 Å². The van der Waals surface area contributed by atoms with E-state index in [9.17, 15) is 0 Å². The summed E-state index contributed by atoms with van der Waals surface area (Å²) in [4.78, 5) is 0. The molecule has 0 spiro atoms. The second kappa shape index (κ2) is 6.49. The van der Waals surface area contributed by atoms with Crippen LogP contribution in [-0.4, -0.2) is 25.3 Å². The Morgan fingerprint density at radius 3 is 1.87 bits per heavy atom. The van der Waals surface area contributed by atoms with Crippen LogP contribution in [0.1, 0.15) is 57.8 Å². The molecule has 1 heterocycles. The Morgan fingerprint density at radius 2 is 1.20 bits per heavy atom. The molecule has 0 aromatic heterocycles. The molecule has 1 N–H and O–H groups in total. The lowest BCUT2D eigenvalue weighted by atomic mass is 9.95. The van der Waals surface area contributed by atoms with Crippen molar-refractivity contribution in [3.05, 3.63) is 0 Å². The van der Waals surface area contributed by atoms with Crippen molar-refractivity contribution >= 4 is 0 Å². The van der Waals surface area contributed by atoms with Crippen molar-refractivity contribution in [1.82, 2.24) is 5.32 Å². The Morgan fingerprint density at radius 1 is 0.667 bits per heavy atom. The Bertz CT molecular complexity index is 158. The van der Waals surface area contributed by atoms with Crippen LogP contribution in [-0.2, 0) is 4.74 Å². The zero-order valence-electron chi connectivity index (χ0n) is 9.84. The first-order valence-corrected chi connectivity index (χ1v) is 6.79.